The van der Waals surface area contributed by atoms with Crippen LogP contribution in [0.5, 0.6) is 0 Å². The van der Waals surface area contributed by atoms with E-state index in [1.165, 1.54) is 31.2 Å². The molecule has 0 aliphatic rings. The molecule has 0 aliphatic heterocycles. The van der Waals surface area contributed by atoms with E-state index < -0.39 is 22.0 Å². The first-order valence-corrected chi connectivity index (χ1v) is 8.45. The van der Waals surface area contributed by atoms with E-state index >= 15 is 0 Å². The van der Waals surface area contributed by atoms with Crippen LogP contribution in [0.3, 0.4) is 0 Å². The van der Waals surface area contributed by atoms with Crippen LogP contribution in [-0.4, -0.2) is 24.1 Å². The van der Waals surface area contributed by atoms with E-state index in [2.05, 4.69) is 9.50 Å². The van der Waals surface area contributed by atoms with Crippen LogP contribution in [0.15, 0.2) is 45.7 Å². The second-order valence-corrected chi connectivity index (χ2v) is 6.91. The molecule has 7 nitrogen and oxygen atoms in total. The summed E-state index contributed by atoms with van der Waals surface area (Å²) in [5.74, 6) is -0.686. The van der Waals surface area contributed by atoms with E-state index in [0.29, 0.717) is 0 Å². The number of rotatable bonds is 4. The van der Waals surface area contributed by atoms with Gasteiger partial charge in [-0.05, 0) is 38.1 Å². The van der Waals surface area contributed by atoms with Crippen molar-refractivity contribution in [3.63, 3.8) is 0 Å². The van der Waals surface area contributed by atoms with Gasteiger partial charge in [0.05, 0.1) is 4.90 Å². The maximum Gasteiger partial charge on any atom is 0.284 e. The molecular weight excluding hydrogens is 340 g/mol. The molecule has 2 rings (SSSR count). The van der Waals surface area contributed by atoms with Gasteiger partial charge in [0.1, 0.15) is 11.2 Å². The first kappa shape index (κ1) is 17.2. The number of amides is 1. The number of primary amides is 1. The number of carbonyl (C=O) groups is 1. The number of halogens is 1. The lowest BCUT2D eigenvalue weighted by molar-refractivity contribution is -0.121. The van der Waals surface area contributed by atoms with Crippen molar-refractivity contribution in [2.24, 2.45) is 10.1 Å². The third-order valence-corrected chi connectivity index (χ3v) is 4.62. The van der Waals surface area contributed by atoms with Gasteiger partial charge >= 0.3 is 0 Å². The normalized spacial score (nSPS) is 13.8. The summed E-state index contributed by atoms with van der Waals surface area (Å²) in [5, 5.41) is 4.00. The summed E-state index contributed by atoms with van der Waals surface area (Å²) in [6.07, 6.45) is 0. The average Bonchev–Trinajstić information content (AvgIpc) is 2.48. The third kappa shape index (κ3) is 3.96. The molecule has 1 aromatic carbocycles. The molecule has 23 heavy (non-hydrogen) atoms. The topological polar surface area (TPSA) is 107 Å². The zero-order valence-corrected chi connectivity index (χ0v) is 14.0. The fraction of sp³-hybridized carbons (Fsp3) is 0.214. The highest BCUT2D eigenvalue weighted by molar-refractivity contribution is 7.90. The Morgan fingerprint density at radius 3 is 2.43 bits per heavy atom. The monoisotopic (exact) mass is 354 g/mol. The molecule has 0 saturated heterocycles. The Labute approximate surface area is 138 Å². The maximum atomic E-state index is 12.4. The lowest BCUT2D eigenvalue weighted by Gasteiger charge is -2.11. The summed E-state index contributed by atoms with van der Waals surface area (Å²) >= 11 is 5.80. The van der Waals surface area contributed by atoms with Crippen molar-refractivity contribution in [3.05, 3.63) is 52.6 Å². The molecule has 122 valence electrons. The Bertz CT molecular complexity index is 904. The molecule has 0 saturated carbocycles. The van der Waals surface area contributed by atoms with Gasteiger partial charge in [0.25, 0.3) is 10.0 Å². The van der Waals surface area contributed by atoms with Crippen LogP contribution in [-0.2, 0) is 14.8 Å². The minimum atomic E-state index is -3.96. The standard InChI is InChI=1S/C14H15ClN4O3S/c1-9-3-5-11(6-4-9)23(21,22)18-13-8-7-12(15)17-19(13)10(2)14(16)20/h3-8,10H,1-2H3,(H2,16,20). The maximum absolute atomic E-state index is 12.4. The predicted octanol–water partition coefficient (Wildman–Crippen LogP) is 1.18. The molecule has 0 radical (unpaired) electrons. The number of aryl methyl sites for hydroxylation is 1. The quantitative estimate of drug-likeness (QED) is 0.889. The zero-order valence-electron chi connectivity index (χ0n) is 12.5. The summed E-state index contributed by atoms with van der Waals surface area (Å²) in [4.78, 5) is 11.4. The lowest BCUT2D eigenvalue weighted by atomic mass is 10.2. The van der Waals surface area contributed by atoms with Gasteiger partial charge in [0.15, 0.2) is 5.49 Å². The van der Waals surface area contributed by atoms with E-state index in [1.54, 1.807) is 12.1 Å². The smallest absolute Gasteiger partial charge is 0.284 e. The van der Waals surface area contributed by atoms with Gasteiger partial charge in [-0.3, -0.25) is 4.79 Å². The minimum absolute atomic E-state index is 0.0383. The predicted molar refractivity (Wildman–Crippen MR) is 85.1 cm³/mol. The Morgan fingerprint density at radius 1 is 1.26 bits per heavy atom. The number of nitrogens with two attached hydrogens (primary N) is 1. The largest absolute Gasteiger partial charge is 0.368 e. The van der Waals surface area contributed by atoms with E-state index in [-0.39, 0.29) is 15.5 Å². The third-order valence-electron chi connectivity index (χ3n) is 3.12. The van der Waals surface area contributed by atoms with E-state index in [1.807, 2.05) is 6.92 Å². The number of hydrogen-bond donors (Lipinski definition) is 1. The van der Waals surface area contributed by atoms with Crippen LogP contribution in [0.2, 0.25) is 5.15 Å². The molecule has 2 aromatic rings. The minimum Gasteiger partial charge on any atom is -0.368 e. The van der Waals surface area contributed by atoms with Gasteiger partial charge in [-0.25, -0.2) is 4.68 Å². The molecule has 1 aromatic heterocycles. The van der Waals surface area contributed by atoms with Gasteiger partial charge in [-0.15, -0.1) is 4.40 Å². The first-order chi connectivity index (χ1) is 10.7. The Morgan fingerprint density at radius 2 is 1.87 bits per heavy atom. The number of benzene rings is 1. The molecule has 1 unspecified atom stereocenters. The van der Waals surface area contributed by atoms with E-state index in [0.717, 1.165) is 10.2 Å². The van der Waals surface area contributed by atoms with Crippen LogP contribution < -0.4 is 11.2 Å². The van der Waals surface area contributed by atoms with Crippen LogP contribution >= 0.6 is 11.6 Å². The van der Waals surface area contributed by atoms with Crippen molar-refractivity contribution >= 4 is 27.5 Å². The summed E-state index contributed by atoms with van der Waals surface area (Å²) < 4.78 is 29.6. The van der Waals surface area contributed by atoms with Crippen molar-refractivity contribution in [1.29, 1.82) is 0 Å². The van der Waals surface area contributed by atoms with Gasteiger partial charge in [-0.2, -0.15) is 13.5 Å². The van der Waals surface area contributed by atoms with Crippen LogP contribution in [0.4, 0.5) is 0 Å². The van der Waals surface area contributed by atoms with Gasteiger partial charge < -0.3 is 5.73 Å². The molecule has 9 heteroatoms. The van der Waals surface area contributed by atoms with Gasteiger partial charge in [-0.1, -0.05) is 29.3 Å². The number of nitrogens with zero attached hydrogens (tertiary/aromatic N) is 3. The summed E-state index contributed by atoms with van der Waals surface area (Å²) in [7, 11) is -3.96. The molecule has 1 amide bonds. The molecule has 1 atom stereocenters. The first-order valence-electron chi connectivity index (χ1n) is 6.63. The van der Waals surface area contributed by atoms with Crippen molar-refractivity contribution in [3.8, 4) is 0 Å². The summed E-state index contributed by atoms with van der Waals surface area (Å²) in [5.41, 5.74) is 6.13. The molecule has 0 fully saturated rings. The highest BCUT2D eigenvalue weighted by Crippen LogP contribution is 2.13. The molecule has 2 N–H and O–H groups in total. The fourth-order valence-corrected chi connectivity index (χ4v) is 2.89. The van der Waals surface area contributed by atoms with Crippen LogP contribution in [0.1, 0.15) is 18.5 Å². The van der Waals surface area contributed by atoms with Gasteiger partial charge in [0, 0.05) is 0 Å². The Kier molecular flexibility index (Phi) is 4.86. The highest BCUT2D eigenvalue weighted by Gasteiger charge is 2.17. The fourth-order valence-electron chi connectivity index (χ4n) is 1.77. The second kappa shape index (κ2) is 6.51. The summed E-state index contributed by atoms with van der Waals surface area (Å²) in [6.45, 7) is 3.32. The van der Waals surface area contributed by atoms with Gasteiger partial charge in [0.2, 0.25) is 5.91 Å². The lowest BCUT2D eigenvalue weighted by Crippen LogP contribution is -2.34. The van der Waals surface area contributed by atoms with Crippen molar-refractivity contribution in [2.45, 2.75) is 24.8 Å². The SMILES string of the molecule is Cc1ccc(S(=O)(=O)N=c2ccc(Cl)nn2C(C)C(N)=O)cc1. The Balaban J connectivity index is 2.63. The molecule has 0 aliphatic carbocycles. The number of hydrogen-bond acceptors (Lipinski definition) is 4. The average molecular weight is 355 g/mol. The van der Waals surface area contributed by atoms with E-state index in [4.69, 9.17) is 17.3 Å². The zero-order chi connectivity index (χ0) is 17.2. The number of carbonyl (C=O) groups excluding carboxylic acids is 1. The molecule has 0 bridgehead atoms. The molecular formula is C14H15ClN4O3S. The van der Waals surface area contributed by atoms with Crippen LogP contribution in [0, 0.1) is 6.92 Å². The molecule has 1 heterocycles. The van der Waals surface area contributed by atoms with Crippen LogP contribution in [0.25, 0.3) is 0 Å². The van der Waals surface area contributed by atoms with Crippen molar-refractivity contribution in [2.75, 3.05) is 0 Å². The number of aromatic nitrogens is 2. The van der Waals surface area contributed by atoms with Crippen molar-refractivity contribution < 1.29 is 13.2 Å². The van der Waals surface area contributed by atoms with E-state index in [9.17, 15) is 13.2 Å². The van der Waals surface area contributed by atoms with Crippen molar-refractivity contribution in [1.82, 2.24) is 9.78 Å². The Hall–Kier alpha value is -2.19. The highest BCUT2D eigenvalue weighted by atomic mass is 35.5. The number of sulfonamides is 1. The summed E-state index contributed by atoms with van der Waals surface area (Å²) in [6, 6.07) is 8.10. The second-order valence-electron chi connectivity index (χ2n) is 4.92. The molecule has 0 spiro atoms.